The fourth-order valence-electron chi connectivity index (χ4n) is 2.04. The molecule has 1 aromatic rings. The summed E-state index contributed by atoms with van der Waals surface area (Å²) in [6, 6.07) is 4.71. The van der Waals surface area contributed by atoms with Crippen molar-refractivity contribution in [2.75, 3.05) is 0 Å². The van der Waals surface area contributed by atoms with Crippen molar-refractivity contribution >= 4 is 15.9 Å². The zero-order chi connectivity index (χ0) is 10.3. The van der Waals surface area contributed by atoms with Crippen LogP contribution in [0.25, 0.3) is 0 Å². The van der Waals surface area contributed by atoms with E-state index in [4.69, 9.17) is 5.73 Å². The molecular formula is C11H13BrFN. The minimum absolute atomic E-state index is 0.213. The van der Waals surface area contributed by atoms with Crippen molar-refractivity contribution in [3.63, 3.8) is 0 Å². The van der Waals surface area contributed by atoms with Gasteiger partial charge in [0, 0.05) is 10.0 Å². The summed E-state index contributed by atoms with van der Waals surface area (Å²) in [6.07, 6.45) is 2.02. The highest BCUT2D eigenvalue weighted by molar-refractivity contribution is 9.10. The van der Waals surface area contributed by atoms with Crippen molar-refractivity contribution < 1.29 is 4.39 Å². The maximum absolute atomic E-state index is 13.1. The maximum Gasteiger partial charge on any atom is 0.123 e. The van der Waals surface area contributed by atoms with E-state index in [9.17, 15) is 4.39 Å². The first kappa shape index (κ1) is 10.1. The first-order chi connectivity index (χ1) is 6.58. The smallest absolute Gasteiger partial charge is 0.123 e. The Bertz CT molecular complexity index is 366. The van der Waals surface area contributed by atoms with E-state index in [2.05, 4.69) is 22.9 Å². The van der Waals surface area contributed by atoms with Gasteiger partial charge in [-0.05, 0) is 36.1 Å². The molecule has 2 rings (SSSR count). The lowest BCUT2D eigenvalue weighted by Crippen LogP contribution is -2.22. The maximum atomic E-state index is 13.1. The molecular weight excluding hydrogens is 245 g/mol. The Morgan fingerprint density at radius 1 is 1.64 bits per heavy atom. The van der Waals surface area contributed by atoms with Crippen molar-refractivity contribution in [1.82, 2.24) is 0 Å². The molecule has 0 saturated heterocycles. The van der Waals surface area contributed by atoms with E-state index in [1.807, 2.05) is 0 Å². The molecule has 1 saturated carbocycles. The Morgan fingerprint density at radius 3 is 2.93 bits per heavy atom. The second kappa shape index (κ2) is 3.31. The van der Waals surface area contributed by atoms with Crippen LogP contribution in [0, 0.1) is 11.7 Å². The third kappa shape index (κ3) is 1.48. The van der Waals surface area contributed by atoms with Crippen LogP contribution in [0.2, 0.25) is 0 Å². The van der Waals surface area contributed by atoms with Crippen LogP contribution in [-0.2, 0) is 5.54 Å². The highest BCUT2D eigenvalue weighted by Crippen LogP contribution is 2.53. The molecule has 0 aliphatic heterocycles. The average molecular weight is 258 g/mol. The van der Waals surface area contributed by atoms with Crippen molar-refractivity contribution in [1.29, 1.82) is 0 Å². The largest absolute Gasteiger partial charge is 0.321 e. The summed E-state index contributed by atoms with van der Waals surface area (Å²) in [4.78, 5) is 0. The molecule has 14 heavy (non-hydrogen) atoms. The van der Waals surface area contributed by atoms with Crippen LogP contribution in [0.4, 0.5) is 4.39 Å². The van der Waals surface area contributed by atoms with Gasteiger partial charge in [0.25, 0.3) is 0 Å². The van der Waals surface area contributed by atoms with Gasteiger partial charge in [-0.3, -0.25) is 0 Å². The van der Waals surface area contributed by atoms with E-state index in [1.54, 1.807) is 12.1 Å². The Labute approximate surface area is 91.6 Å². The molecule has 3 heteroatoms. The van der Waals surface area contributed by atoms with Gasteiger partial charge in [0.05, 0.1) is 0 Å². The second-order valence-electron chi connectivity index (χ2n) is 3.97. The SMILES string of the molecule is CCC1CC1(N)c1cc(F)ccc1Br. The second-order valence-corrected chi connectivity index (χ2v) is 4.83. The molecule has 2 atom stereocenters. The van der Waals surface area contributed by atoms with Crippen LogP contribution >= 0.6 is 15.9 Å². The number of hydrogen-bond donors (Lipinski definition) is 1. The summed E-state index contributed by atoms with van der Waals surface area (Å²) in [5.41, 5.74) is 6.81. The van der Waals surface area contributed by atoms with Gasteiger partial charge in [-0.2, -0.15) is 0 Å². The quantitative estimate of drug-likeness (QED) is 0.866. The third-order valence-electron chi connectivity index (χ3n) is 3.08. The molecule has 2 N–H and O–H groups in total. The molecule has 0 aromatic heterocycles. The summed E-state index contributed by atoms with van der Waals surface area (Å²) in [6.45, 7) is 2.12. The van der Waals surface area contributed by atoms with E-state index < -0.39 is 0 Å². The van der Waals surface area contributed by atoms with Crippen LogP contribution < -0.4 is 5.73 Å². The highest BCUT2D eigenvalue weighted by Gasteiger charge is 2.51. The summed E-state index contributed by atoms with van der Waals surface area (Å²) < 4.78 is 14.0. The molecule has 0 amide bonds. The summed E-state index contributed by atoms with van der Waals surface area (Å²) in [5, 5.41) is 0. The lowest BCUT2D eigenvalue weighted by atomic mass is 10.0. The molecule has 1 nitrogen and oxygen atoms in total. The van der Waals surface area contributed by atoms with Gasteiger partial charge in [0.15, 0.2) is 0 Å². The Balaban J connectivity index is 2.38. The van der Waals surface area contributed by atoms with Gasteiger partial charge >= 0.3 is 0 Å². The van der Waals surface area contributed by atoms with Gasteiger partial charge in [0.1, 0.15) is 5.82 Å². The van der Waals surface area contributed by atoms with E-state index in [0.29, 0.717) is 5.92 Å². The average Bonchev–Trinajstić information content (AvgIpc) is 2.83. The zero-order valence-corrected chi connectivity index (χ0v) is 9.64. The van der Waals surface area contributed by atoms with Crippen LogP contribution in [0.15, 0.2) is 22.7 Å². The lowest BCUT2D eigenvalue weighted by Gasteiger charge is -2.13. The number of hydrogen-bond acceptors (Lipinski definition) is 1. The summed E-state index contributed by atoms with van der Waals surface area (Å²) in [5.74, 6) is 0.287. The standard InChI is InChI=1S/C11H13BrFN/c1-2-7-6-11(7,14)9-5-8(13)3-4-10(9)12/h3-5,7H,2,6,14H2,1H3. The molecule has 1 aliphatic carbocycles. The minimum atomic E-state index is -0.296. The number of rotatable bonds is 2. The predicted octanol–water partition coefficient (Wildman–Crippen LogP) is 3.17. The van der Waals surface area contributed by atoms with Gasteiger partial charge in [-0.15, -0.1) is 0 Å². The third-order valence-corrected chi connectivity index (χ3v) is 3.77. The molecule has 1 aromatic carbocycles. The molecule has 0 spiro atoms. The van der Waals surface area contributed by atoms with Gasteiger partial charge < -0.3 is 5.73 Å². The topological polar surface area (TPSA) is 26.0 Å². The van der Waals surface area contributed by atoms with Crippen LogP contribution in [0.3, 0.4) is 0 Å². The van der Waals surface area contributed by atoms with E-state index in [1.165, 1.54) is 6.07 Å². The lowest BCUT2D eigenvalue weighted by molar-refractivity contribution is 0.591. The van der Waals surface area contributed by atoms with Crippen molar-refractivity contribution in [3.05, 3.63) is 34.1 Å². The molecule has 0 bridgehead atoms. The van der Waals surface area contributed by atoms with Crippen LogP contribution in [0.1, 0.15) is 25.3 Å². The summed E-state index contributed by atoms with van der Waals surface area (Å²) in [7, 11) is 0. The fourth-order valence-corrected chi connectivity index (χ4v) is 2.66. The minimum Gasteiger partial charge on any atom is -0.321 e. The van der Waals surface area contributed by atoms with E-state index >= 15 is 0 Å². The molecule has 1 aliphatic rings. The van der Waals surface area contributed by atoms with Gasteiger partial charge in [0.2, 0.25) is 0 Å². The monoisotopic (exact) mass is 257 g/mol. The molecule has 2 unspecified atom stereocenters. The predicted molar refractivity (Wildman–Crippen MR) is 58.4 cm³/mol. The van der Waals surface area contributed by atoms with Crippen LogP contribution in [0.5, 0.6) is 0 Å². The number of halogens is 2. The highest BCUT2D eigenvalue weighted by atomic mass is 79.9. The Hall–Kier alpha value is -0.410. The van der Waals surface area contributed by atoms with Gasteiger partial charge in [-0.25, -0.2) is 4.39 Å². The normalized spacial score (nSPS) is 30.4. The molecule has 0 radical (unpaired) electrons. The van der Waals surface area contributed by atoms with Crippen LogP contribution in [-0.4, -0.2) is 0 Å². The Morgan fingerprint density at radius 2 is 2.36 bits per heavy atom. The fraction of sp³-hybridized carbons (Fsp3) is 0.455. The van der Waals surface area contributed by atoms with Gasteiger partial charge in [-0.1, -0.05) is 29.3 Å². The molecule has 1 fully saturated rings. The van der Waals surface area contributed by atoms with E-state index in [0.717, 1.165) is 22.9 Å². The first-order valence-electron chi connectivity index (χ1n) is 4.82. The zero-order valence-electron chi connectivity index (χ0n) is 8.06. The van der Waals surface area contributed by atoms with Crippen molar-refractivity contribution in [3.8, 4) is 0 Å². The van der Waals surface area contributed by atoms with E-state index in [-0.39, 0.29) is 11.4 Å². The number of benzene rings is 1. The van der Waals surface area contributed by atoms with Crippen molar-refractivity contribution in [2.45, 2.75) is 25.3 Å². The summed E-state index contributed by atoms with van der Waals surface area (Å²) >= 11 is 3.42. The molecule has 0 heterocycles. The van der Waals surface area contributed by atoms with Crippen molar-refractivity contribution in [2.24, 2.45) is 11.7 Å². The molecule has 76 valence electrons. The Kier molecular flexibility index (Phi) is 2.40. The first-order valence-corrected chi connectivity index (χ1v) is 5.61. The number of nitrogens with two attached hydrogens (primary N) is 1.